The molecule has 0 fully saturated rings. The number of aromatic hydroxyl groups is 1. The Balaban J connectivity index is 1.84. The van der Waals surface area contributed by atoms with Crippen LogP contribution >= 0.6 is 38.9 Å². The second kappa shape index (κ2) is 10.7. The van der Waals surface area contributed by atoms with Gasteiger partial charge in [-0.3, -0.25) is 9.36 Å². The van der Waals surface area contributed by atoms with E-state index in [0.29, 0.717) is 31.7 Å². The first kappa shape index (κ1) is 26.1. The molecule has 38 heavy (non-hydrogen) atoms. The Bertz CT molecular complexity index is 1770. The van der Waals surface area contributed by atoms with Crippen molar-refractivity contribution in [3.8, 4) is 5.75 Å². The van der Waals surface area contributed by atoms with E-state index in [9.17, 15) is 19.1 Å². The molecular weight excluding hydrogens is 595 g/mol. The molecule has 192 valence electrons. The molecule has 0 unspecified atom stereocenters. The standard InChI is InChI=1S/C28H19BrClFN2O4S/c1-2-37-27(36)22-23(15-6-4-3-5-7-15)32-28-33(24(22)16-8-10-19(31)11-9-16)26(35)21(38-28)13-17-12-18(29)14-20(30)25(17)34/h3-14,24,34H,2H2,1H3/b21-13-/t24-/m1/s1. The predicted molar refractivity (Wildman–Crippen MR) is 148 cm³/mol. The Hall–Kier alpha value is -3.53. The largest absolute Gasteiger partial charge is 0.506 e. The zero-order valence-electron chi connectivity index (χ0n) is 19.8. The number of aromatic nitrogens is 1. The van der Waals surface area contributed by atoms with Gasteiger partial charge in [-0.1, -0.05) is 81.3 Å². The summed E-state index contributed by atoms with van der Waals surface area (Å²) in [5.41, 5.74) is 1.60. The van der Waals surface area contributed by atoms with Gasteiger partial charge in [-0.05, 0) is 42.8 Å². The highest BCUT2D eigenvalue weighted by Gasteiger charge is 2.35. The number of ether oxygens (including phenoxy) is 1. The average molecular weight is 614 g/mol. The highest BCUT2D eigenvalue weighted by molar-refractivity contribution is 9.10. The lowest BCUT2D eigenvalue weighted by molar-refractivity contribution is -0.138. The molecule has 0 saturated heterocycles. The topological polar surface area (TPSA) is 80.9 Å². The van der Waals surface area contributed by atoms with Crippen LogP contribution in [0.4, 0.5) is 4.39 Å². The third-order valence-corrected chi connectivity index (χ3v) is 7.63. The first-order chi connectivity index (χ1) is 18.3. The van der Waals surface area contributed by atoms with Gasteiger partial charge in [0.25, 0.3) is 5.56 Å². The van der Waals surface area contributed by atoms with E-state index in [1.165, 1.54) is 34.9 Å². The maximum atomic E-state index is 13.9. The van der Waals surface area contributed by atoms with Crippen LogP contribution in [-0.4, -0.2) is 22.2 Å². The highest BCUT2D eigenvalue weighted by Crippen LogP contribution is 2.35. The van der Waals surface area contributed by atoms with Crippen molar-refractivity contribution >= 4 is 56.6 Å². The zero-order valence-corrected chi connectivity index (χ0v) is 23.0. The summed E-state index contributed by atoms with van der Waals surface area (Å²) in [7, 11) is 0. The molecule has 6 nitrogen and oxygen atoms in total. The summed E-state index contributed by atoms with van der Waals surface area (Å²) in [6.07, 6.45) is 1.52. The number of phenols is 1. The van der Waals surface area contributed by atoms with E-state index >= 15 is 0 Å². The van der Waals surface area contributed by atoms with Crippen LogP contribution in [0.15, 0.2) is 86.6 Å². The van der Waals surface area contributed by atoms with Gasteiger partial charge in [0.15, 0.2) is 4.80 Å². The molecule has 1 N–H and O–H groups in total. The van der Waals surface area contributed by atoms with Crippen LogP contribution in [0.5, 0.6) is 5.75 Å². The van der Waals surface area contributed by atoms with E-state index in [2.05, 4.69) is 15.9 Å². The minimum atomic E-state index is -0.928. The van der Waals surface area contributed by atoms with Gasteiger partial charge >= 0.3 is 5.97 Å². The van der Waals surface area contributed by atoms with E-state index in [4.69, 9.17) is 21.3 Å². The van der Waals surface area contributed by atoms with Crippen LogP contribution in [0, 0.1) is 5.82 Å². The maximum absolute atomic E-state index is 13.9. The highest BCUT2D eigenvalue weighted by atomic mass is 79.9. The van der Waals surface area contributed by atoms with Crippen molar-refractivity contribution in [3.05, 3.63) is 124 Å². The lowest BCUT2D eigenvalue weighted by Gasteiger charge is -2.25. The Morgan fingerprint density at radius 2 is 1.92 bits per heavy atom. The van der Waals surface area contributed by atoms with E-state index in [0.717, 1.165) is 11.3 Å². The number of thiazole rings is 1. The van der Waals surface area contributed by atoms with Crippen LogP contribution in [-0.2, 0) is 9.53 Å². The number of esters is 1. The molecule has 1 atom stereocenters. The molecule has 0 spiro atoms. The van der Waals surface area contributed by atoms with Gasteiger partial charge in [0, 0.05) is 15.6 Å². The minimum absolute atomic E-state index is 0.119. The quantitative estimate of drug-likeness (QED) is 0.314. The lowest BCUT2D eigenvalue weighted by atomic mass is 9.93. The molecule has 4 aromatic rings. The number of nitrogens with zero attached hydrogens (tertiary/aromatic N) is 2. The van der Waals surface area contributed by atoms with Crippen molar-refractivity contribution in [2.75, 3.05) is 6.61 Å². The number of carbonyl (C=O) groups is 1. The van der Waals surface area contributed by atoms with Gasteiger partial charge < -0.3 is 9.84 Å². The molecule has 0 amide bonds. The van der Waals surface area contributed by atoms with Crippen LogP contribution in [0.1, 0.15) is 29.7 Å². The molecule has 0 bridgehead atoms. The average Bonchev–Trinajstić information content (AvgIpc) is 3.21. The number of carbonyl (C=O) groups excluding carboxylic acids is 1. The molecular formula is C28H19BrClFN2O4S. The first-order valence-electron chi connectivity index (χ1n) is 11.5. The second-order valence-electron chi connectivity index (χ2n) is 8.31. The number of rotatable bonds is 5. The Morgan fingerprint density at radius 3 is 2.61 bits per heavy atom. The van der Waals surface area contributed by atoms with Gasteiger partial charge in [0.05, 0.1) is 33.5 Å². The van der Waals surface area contributed by atoms with Crippen molar-refractivity contribution in [1.29, 1.82) is 0 Å². The lowest BCUT2D eigenvalue weighted by Crippen LogP contribution is -2.40. The Morgan fingerprint density at radius 1 is 1.21 bits per heavy atom. The summed E-state index contributed by atoms with van der Waals surface area (Å²) in [6, 6.07) is 17.0. The first-order valence-corrected chi connectivity index (χ1v) is 13.5. The molecule has 3 aromatic carbocycles. The summed E-state index contributed by atoms with van der Waals surface area (Å²) in [5, 5.41) is 10.6. The molecule has 2 heterocycles. The Labute approximate surface area is 233 Å². The van der Waals surface area contributed by atoms with Gasteiger partial charge in [-0.25, -0.2) is 14.2 Å². The van der Waals surface area contributed by atoms with E-state index in [-0.39, 0.29) is 27.5 Å². The van der Waals surface area contributed by atoms with Gasteiger partial charge in [-0.2, -0.15) is 0 Å². The van der Waals surface area contributed by atoms with Crippen molar-refractivity contribution in [1.82, 2.24) is 4.57 Å². The summed E-state index contributed by atoms with van der Waals surface area (Å²) in [6.45, 7) is 1.81. The summed E-state index contributed by atoms with van der Waals surface area (Å²) >= 11 is 10.6. The van der Waals surface area contributed by atoms with E-state index in [1.807, 2.05) is 30.3 Å². The fraction of sp³-hybridized carbons (Fsp3) is 0.107. The second-order valence-corrected chi connectivity index (χ2v) is 10.6. The number of benzene rings is 3. The number of hydrogen-bond acceptors (Lipinski definition) is 6. The normalized spacial score (nSPS) is 15.3. The van der Waals surface area contributed by atoms with E-state index in [1.54, 1.807) is 19.1 Å². The molecule has 0 radical (unpaired) electrons. The van der Waals surface area contributed by atoms with Gasteiger partial charge in [-0.15, -0.1) is 0 Å². The molecule has 1 aromatic heterocycles. The van der Waals surface area contributed by atoms with Crippen LogP contribution < -0.4 is 14.9 Å². The molecule has 0 saturated carbocycles. The van der Waals surface area contributed by atoms with Gasteiger partial charge in [0.2, 0.25) is 0 Å². The number of hydrogen-bond donors (Lipinski definition) is 1. The smallest absolute Gasteiger partial charge is 0.338 e. The minimum Gasteiger partial charge on any atom is -0.506 e. The van der Waals surface area contributed by atoms with E-state index < -0.39 is 23.4 Å². The molecule has 1 aliphatic rings. The van der Waals surface area contributed by atoms with Crippen LogP contribution in [0.2, 0.25) is 5.02 Å². The van der Waals surface area contributed by atoms with Crippen LogP contribution in [0.25, 0.3) is 11.8 Å². The van der Waals surface area contributed by atoms with Crippen molar-refractivity contribution < 1.29 is 19.0 Å². The molecule has 1 aliphatic heterocycles. The summed E-state index contributed by atoms with van der Waals surface area (Å²) in [5.74, 6) is -1.25. The van der Waals surface area contributed by atoms with Crippen molar-refractivity contribution in [2.24, 2.45) is 4.99 Å². The van der Waals surface area contributed by atoms with Gasteiger partial charge in [0.1, 0.15) is 11.6 Å². The third-order valence-electron chi connectivity index (χ3n) is 5.90. The summed E-state index contributed by atoms with van der Waals surface area (Å²) < 4.78 is 21.6. The number of halogens is 3. The molecule has 10 heteroatoms. The molecule has 5 rings (SSSR count). The monoisotopic (exact) mass is 612 g/mol. The van der Waals surface area contributed by atoms with Crippen molar-refractivity contribution in [3.63, 3.8) is 0 Å². The maximum Gasteiger partial charge on any atom is 0.338 e. The molecule has 0 aliphatic carbocycles. The summed E-state index contributed by atoms with van der Waals surface area (Å²) in [4.78, 5) is 32.3. The Kier molecular flexibility index (Phi) is 7.34. The fourth-order valence-electron chi connectivity index (χ4n) is 4.24. The SMILES string of the molecule is CCOC(=O)C1=C(c2ccccc2)N=c2s/c(=C\c3cc(Br)cc(Cl)c3O)c(=O)n2[C@@H]1c1ccc(F)cc1. The number of fused-ring (bicyclic) bond motifs is 1. The fourth-order valence-corrected chi connectivity index (χ4v) is 6.06. The predicted octanol–water partition coefficient (Wildman–Crippen LogP) is 5.20. The zero-order chi connectivity index (χ0) is 27.0. The van der Waals surface area contributed by atoms with Crippen molar-refractivity contribution in [2.45, 2.75) is 13.0 Å². The number of phenolic OH excluding ortho intramolecular Hbond substituents is 1. The van der Waals surface area contributed by atoms with Crippen LogP contribution in [0.3, 0.4) is 0 Å². The third kappa shape index (κ3) is 4.84.